The van der Waals surface area contributed by atoms with Gasteiger partial charge in [-0.25, -0.2) is 4.98 Å². The number of carbonyl (C=O) groups excluding carboxylic acids is 1. The van der Waals surface area contributed by atoms with E-state index in [1.807, 2.05) is 71.6 Å². The number of fused-ring (bicyclic) bond motifs is 1. The van der Waals surface area contributed by atoms with E-state index in [0.29, 0.717) is 19.5 Å². The molecule has 156 valence electrons. The molecule has 1 aliphatic rings. The van der Waals surface area contributed by atoms with Gasteiger partial charge in [-0.15, -0.1) is 0 Å². The van der Waals surface area contributed by atoms with E-state index in [1.165, 1.54) is 0 Å². The quantitative estimate of drug-likeness (QED) is 0.432. The number of hydrogen-bond acceptors (Lipinski definition) is 3. The number of nitrogens with zero attached hydrogens (tertiary/aromatic N) is 3. The maximum Gasteiger partial charge on any atom is 0.227 e. The fraction of sp³-hybridized carbons (Fsp3) is 0.200. The highest BCUT2D eigenvalue weighted by molar-refractivity contribution is 6.30. The standard InChI is InChI=1S/C25H22ClN3O2/c1-31-21-6-4-5-20(14-21)28-16-18(13-24(28)30)25-27-22-7-2-3-8-23(22)29(25)15-17-9-11-19(26)12-10-17/h2-12,14,18H,13,15-16H2,1H3/t18-/m0/s1. The summed E-state index contributed by atoms with van der Waals surface area (Å²) >= 11 is 6.06. The first kappa shape index (κ1) is 19.6. The molecule has 1 saturated heterocycles. The first-order valence-electron chi connectivity index (χ1n) is 10.3. The lowest BCUT2D eigenvalue weighted by Crippen LogP contribution is -2.24. The molecule has 0 saturated carbocycles. The Hall–Kier alpha value is -3.31. The highest BCUT2D eigenvalue weighted by Crippen LogP contribution is 2.34. The lowest BCUT2D eigenvalue weighted by atomic mass is 10.1. The van der Waals surface area contributed by atoms with Crippen molar-refractivity contribution < 1.29 is 9.53 Å². The predicted molar refractivity (Wildman–Crippen MR) is 123 cm³/mol. The SMILES string of the molecule is COc1cccc(N2C[C@@H](c3nc4ccccc4n3Cc3ccc(Cl)cc3)CC2=O)c1. The molecule has 0 unspecified atom stereocenters. The number of hydrogen-bond donors (Lipinski definition) is 0. The highest BCUT2D eigenvalue weighted by atomic mass is 35.5. The van der Waals surface area contributed by atoms with Crippen molar-refractivity contribution in [3.05, 3.63) is 89.2 Å². The van der Waals surface area contributed by atoms with E-state index in [-0.39, 0.29) is 11.8 Å². The van der Waals surface area contributed by atoms with E-state index >= 15 is 0 Å². The van der Waals surface area contributed by atoms with Gasteiger partial charge in [-0.2, -0.15) is 0 Å². The van der Waals surface area contributed by atoms with Gasteiger partial charge >= 0.3 is 0 Å². The van der Waals surface area contributed by atoms with E-state index in [4.69, 9.17) is 21.3 Å². The van der Waals surface area contributed by atoms with Crippen LogP contribution in [-0.4, -0.2) is 29.1 Å². The summed E-state index contributed by atoms with van der Waals surface area (Å²) in [5, 5.41) is 0.717. The van der Waals surface area contributed by atoms with Crippen molar-refractivity contribution in [3.8, 4) is 5.75 Å². The zero-order chi connectivity index (χ0) is 21.4. The Bertz CT molecular complexity index is 1250. The third-order valence-electron chi connectivity index (χ3n) is 5.79. The van der Waals surface area contributed by atoms with Crippen LogP contribution >= 0.6 is 11.6 Å². The Morgan fingerprint density at radius 1 is 1.06 bits per heavy atom. The number of para-hydroxylation sites is 2. The van der Waals surface area contributed by atoms with Crippen LogP contribution in [0.3, 0.4) is 0 Å². The van der Waals surface area contributed by atoms with E-state index in [0.717, 1.165) is 38.9 Å². The van der Waals surface area contributed by atoms with Gasteiger partial charge in [0.25, 0.3) is 0 Å². The van der Waals surface area contributed by atoms with Gasteiger partial charge in [0.15, 0.2) is 0 Å². The summed E-state index contributed by atoms with van der Waals surface area (Å²) in [4.78, 5) is 19.7. The molecule has 1 fully saturated rings. The topological polar surface area (TPSA) is 47.4 Å². The Labute approximate surface area is 185 Å². The van der Waals surface area contributed by atoms with Crippen LogP contribution in [0.5, 0.6) is 5.75 Å². The van der Waals surface area contributed by atoms with Crippen LogP contribution in [0.4, 0.5) is 5.69 Å². The molecule has 31 heavy (non-hydrogen) atoms. The summed E-state index contributed by atoms with van der Waals surface area (Å²) in [7, 11) is 1.63. The molecule has 0 radical (unpaired) electrons. The molecule has 0 spiro atoms. The minimum atomic E-state index is 0.0124. The number of ether oxygens (including phenoxy) is 1. The van der Waals surface area contributed by atoms with Gasteiger partial charge in [-0.3, -0.25) is 4.79 Å². The van der Waals surface area contributed by atoms with Crippen LogP contribution in [0.2, 0.25) is 5.02 Å². The highest BCUT2D eigenvalue weighted by Gasteiger charge is 2.35. The van der Waals surface area contributed by atoms with Gasteiger partial charge in [-0.1, -0.05) is 41.9 Å². The average Bonchev–Trinajstić information content (AvgIpc) is 3.36. The second kappa shape index (κ2) is 8.08. The molecule has 1 aliphatic heterocycles. The molecule has 5 nitrogen and oxygen atoms in total. The Morgan fingerprint density at radius 2 is 1.87 bits per heavy atom. The van der Waals surface area contributed by atoms with Crippen LogP contribution < -0.4 is 9.64 Å². The second-order valence-electron chi connectivity index (χ2n) is 7.78. The lowest BCUT2D eigenvalue weighted by molar-refractivity contribution is -0.117. The first-order valence-corrected chi connectivity index (χ1v) is 10.6. The first-order chi connectivity index (χ1) is 15.1. The fourth-order valence-corrected chi connectivity index (χ4v) is 4.38. The van der Waals surface area contributed by atoms with E-state index in [1.54, 1.807) is 7.11 Å². The minimum Gasteiger partial charge on any atom is -0.497 e. The van der Waals surface area contributed by atoms with Crippen LogP contribution in [0.15, 0.2) is 72.8 Å². The molecular weight excluding hydrogens is 410 g/mol. The summed E-state index contributed by atoms with van der Waals surface area (Å²) in [6.07, 6.45) is 0.432. The third-order valence-corrected chi connectivity index (χ3v) is 6.05. The molecule has 3 aromatic carbocycles. The number of methoxy groups -OCH3 is 1. The molecule has 6 heteroatoms. The zero-order valence-corrected chi connectivity index (χ0v) is 17.9. The van der Waals surface area contributed by atoms with Gasteiger partial charge in [0.2, 0.25) is 5.91 Å². The molecule has 4 aromatic rings. The molecule has 2 heterocycles. The van der Waals surface area contributed by atoms with E-state index in [2.05, 4.69) is 10.6 Å². The van der Waals surface area contributed by atoms with E-state index < -0.39 is 0 Å². The van der Waals surface area contributed by atoms with Crippen molar-refractivity contribution in [2.45, 2.75) is 18.9 Å². The Balaban J connectivity index is 1.51. The van der Waals surface area contributed by atoms with Crippen LogP contribution in [0.25, 0.3) is 11.0 Å². The third kappa shape index (κ3) is 3.77. The summed E-state index contributed by atoms with van der Waals surface area (Å²) < 4.78 is 7.56. The molecule has 0 N–H and O–H groups in total. The molecule has 5 rings (SSSR count). The van der Waals surface area contributed by atoms with Crippen LogP contribution in [-0.2, 0) is 11.3 Å². The molecular formula is C25H22ClN3O2. The van der Waals surface area contributed by atoms with Crippen LogP contribution in [0, 0.1) is 0 Å². The van der Waals surface area contributed by atoms with Gasteiger partial charge in [0.1, 0.15) is 11.6 Å². The number of benzene rings is 3. The summed E-state index contributed by atoms with van der Waals surface area (Å²) in [6.45, 7) is 1.27. The van der Waals surface area contributed by atoms with Crippen LogP contribution in [0.1, 0.15) is 23.7 Å². The summed E-state index contributed by atoms with van der Waals surface area (Å²) in [6, 6.07) is 23.6. The van der Waals surface area contributed by atoms with Crippen molar-refractivity contribution in [1.29, 1.82) is 0 Å². The maximum atomic E-state index is 12.9. The van der Waals surface area contributed by atoms with Crippen molar-refractivity contribution in [3.63, 3.8) is 0 Å². The number of aromatic nitrogens is 2. The predicted octanol–water partition coefficient (Wildman–Crippen LogP) is 5.27. The minimum absolute atomic E-state index is 0.0124. The van der Waals surface area contributed by atoms with Gasteiger partial charge in [0, 0.05) is 42.2 Å². The van der Waals surface area contributed by atoms with Crippen molar-refractivity contribution in [2.24, 2.45) is 0 Å². The summed E-state index contributed by atoms with van der Waals surface area (Å²) in [5.41, 5.74) is 4.01. The number of imidazole rings is 1. The Kier molecular flexibility index (Phi) is 5.12. The average molecular weight is 432 g/mol. The van der Waals surface area contributed by atoms with Gasteiger partial charge < -0.3 is 14.2 Å². The molecule has 1 atom stereocenters. The number of halogens is 1. The number of anilines is 1. The largest absolute Gasteiger partial charge is 0.497 e. The molecule has 1 aromatic heterocycles. The second-order valence-corrected chi connectivity index (χ2v) is 8.21. The zero-order valence-electron chi connectivity index (χ0n) is 17.2. The smallest absolute Gasteiger partial charge is 0.227 e. The molecule has 1 amide bonds. The number of amides is 1. The van der Waals surface area contributed by atoms with Gasteiger partial charge in [-0.05, 0) is 42.0 Å². The molecule has 0 aliphatic carbocycles. The van der Waals surface area contributed by atoms with Crippen molar-refractivity contribution in [2.75, 3.05) is 18.6 Å². The summed E-state index contributed by atoms with van der Waals surface area (Å²) in [5.74, 6) is 1.79. The normalized spacial score (nSPS) is 16.3. The lowest BCUT2D eigenvalue weighted by Gasteiger charge is -2.18. The monoisotopic (exact) mass is 431 g/mol. The molecule has 0 bridgehead atoms. The van der Waals surface area contributed by atoms with E-state index in [9.17, 15) is 4.79 Å². The fourth-order valence-electron chi connectivity index (χ4n) is 4.25. The number of carbonyl (C=O) groups is 1. The Morgan fingerprint density at radius 3 is 2.68 bits per heavy atom. The number of rotatable bonds is 5. The van der Waals surface area contributed by atoms with Crippen molar-refractivity contribution >= 4 is 34.2 Å². The van der Waals surface area contributed by atoms with Crippen molar-refractivity contribution in [1.82, 2.24) is 9.55 Å². The maximum absolute atomic E-state index is 12.9. The van der Waals surface area contributed by atoms with Gasteiger partial charge in [0.05, 0.1) is 18.1 Å².